The van der Waals surface area contributed by atoms with Gasteiger partial charge >= 0.3 is 0 Å². The van der Waals surface area contributed by atoms with Crippen molar-refractivity contribution in [3.8, 4) is 0 Å². The van der Waals surface area contributed by atoms with Crippen molar-refractivity contribution in [2.75, 3.05) is 51.6 Å². The van der Waals surface area contributed by atoms with E-state index in [0.29, 0.717) is 6.54 Å². The summed E-state index contributed by atoms with van der Waals surface area (Å²) in [6.07, 6.45) is 4.40. The Balaban J connectivity index is 1.23. The molecule has 0 bridgehead atoms. The van der Waals surface area contributed by atoms with Crippen LogP contribution in [0.3, 0.4) is 0 Å². The Kier molecular flexibility index (Phi) is 9.30. The van der Waals surface area contributed by atoms with Gasteiger partial charge < -0.3 is 5.32 Å². The predicted molar refractivity (Wildman–Crippen MR) is 124 cm³/mol. The number of hydrogen-bond donors (Lipinski definition) is 1. The van der Waals surface area contributed by atoms with E-state index in [1.807, 2.05) is 23.9 Å². The molecule has 1 N–H and O–H groups in total. The monoisotopic (exact) mass is 409 g/mol. The lowest BCUT2D eigenvalue weighted by Gasteiger charge is -2.33. The standard InChI is InChI=1S/C24H31N3OS/c28-24(25-13-19-29-21-23-10-5-2-6-11-23)20-27-17-15-26(16-18-27)14-7-12-22-8-3-1-4-9-22/h1-12H,13-21H2,(H,25,28)/b12-7+. The Bertz CT molecular complexity index is 743. The number of thioether (sulfide) groups is 1. The van der Waals surface area contributed by atoms with Crippen molar-refractivity contribution in [1.29, 1.82) is 0 Å². The number of carbonyl (C=O) groups excluding carboxylic acids is 1. The van der Waals surface area contributed by atoms with Crippen molar-refractivity contribution in [1.82, 2.24) is 15.1 Å². The quantitative estimate of drug-likeness (QED) is 0.611. The fourth-order valence-electron chi connectivity index (χ4n) is 3.32. The predicted octanol–water partition coefficient (Wildman–Crippen LogP) is 3.37. The van der Waals surface area contributed by atoms with E-state index in [9.17, 15) is 4.79 Å². The van der Waals surface area contributed by atoms with E-state index in [4.69, 9.17) is 0 Å². The van der Waals surface area contributed by atoms with E-state index in [-0.39, 0.29) is 5.91 Å². The van der Waals surface area contributed by atoms with Gasteiger partial charge in [0.25, 0.3) is 0 Å². The number of amides is 1. The summed E-state index contributed by atoms with van der Waals surface area (Å²) < 4.78 is 0. The summed E-state index contributed by atoms with van der Waals surface area (Å²) in [4.78, 5) is 16.9. The molecule has 2 aromatic carbocycles. The van der Waals surface area contributed by atoms with Gasteiger partial charge in [-0.25, -0.2) is 0 Å². The second kappa shape index (κ2) is 12.5. The molecular formula is C24H31N3OS. The largest absolute Gasteiger partial charge is 0.354 e. The second-order valence-corrected chi connectivity index (χ2v) is 8.38. The number of piperazine rings is 1. The van der Waals surface area contributed by atoms with E-state index in [0.717, 1.165) is 50.8 Å². The molecule has 1 saturated heterocycles. The molecule has 1 fully saturated rings. The van der Waals surface area contributed by atoms with Crippen LogP contribution in [0.25, 0.3) is 6.08 Å². The van der Waals surface area contributed by atoms with Crippen LogP contribution in [0.4, 0.5) is 0 Å². The molecule has 0 atom stereocenters. The summed E-state index contributed by atoms with van der Waals surface area (Å²) in [5.41, 5.74) is 2.57. The summed E-state index contributed by atoms with van der Waals surface area (Å²) in [6, 6.07) is 20.8. The van der Waals surface area contributed by atoms with E-state index in [1.165, 1.54) is 11.1 Å². The van der Waals surface area contributed by atoms with Gasteiger partial charge in [-0.3, -0.25) is 14.6 Å². The summed E-state index contributed by atoms with van der Waals surface area (Å²) in [5.74, 6) is 2.09. The Morgan fingerprint density at radius 3 is 2.31 bits per heavy atom. The highest BCUT2D eigenvalue weighted by Gasteiger charge is 2.17. The van der Waals surface area contributed by atoms with E-state index >= 15 is 0 Å². The van der Waals surface area contributed by atoms with Gasteiger partial charge in [0.15, 0.2) is 0 Å². The Morgan fingerprint density at radius 2 is 1.59 bits per heavy atom. The van der Waals surface area contributed by atoms with Crippen LogP contribution in [-0.2, 0) is 10.5 Å². The van der Waals surface area contributed by atoms with Crippen molar-refractivity contribution < 1.29 is 4.79 Å². The maximum Gasteiger partial charge on any atom is 0.234 e. The van der Waals surface area contributed by atoms with Crippen molar-refractivity contribution >= 4 is 23.7 Å². The number of hydrogen-bond acceptors (Lipinski definition) is 4. The van der Waals surface area contributed by atoms with Crippen LogP contribution in [0, 0.1) is 0 Å². The van der Waals surface area contributed by atoms with Crippen LogP contribution in [0.2, 0.25) is 0 Å². The molecule has 1 heterocycles. The molecule has 0 saturated carbocycles. The lowest BCUT2D eigenvalue weighted by molar-refractivity contribution is -0.122. The number of carbonyl (C=O) groups is 1. The first-order valence-corrected chi connectivity index (χ1v) is 11.5. The Labute approximate surface area is 179 Å². The van der Waals surface area contributed by atoms with E-state index in [1.54, 1.807) is 0 Å². The topological polar surface area (TPSA) is 35.6 Å². The molecule has 154 valence electrons. The summed E-state index contributed by atoms with van der Waals surface area (Å²) in [7, 11) is 0. The number of nitrogens with zero attached hydrogens (tertiary/aromatic N) is 2. The minimum Gasteiger partial charge on any atom is -0.354 e. The fraction of sp³-hybridized carbons (Fsp3) is 0.375. The summed E-state index contributed by atoms with van der Waals surface area (Å²) in [5, 5.41) is 3.05. The van der Waals surface area contributed by atoms with Crippen molar-refractivity contribution in [3.05, 3.63) is 77.9 Å². The normalized spacial score (nSPS) is 15.6. The molecule has 2 aromatic rings. The third-order valence-electron chi connectivity index (χ3n) is 4.99. The first kappa shape index (κ1) is 21.6. The molecule has 0 aromatic heterocycles. The van der Waals surface area contributed by atoms with E-state index in [2.05, 4.69) is 75.8 Å². The van der Waals surface area contributed by atoms with Gasteiger partial charge in [0.05, 0.1) is 6.54 Å². The van der Waals surface area contributed by atoms with Crippen LogP contribution in [0.1, 0.15) is 11.1 Å². The van der Waals surface area contributed by atoms with Gasteiger partial charge in [0.2, 0.25) is 5.91 Å². The minimum atomic E-state index is 0.141. The smallest absolute Gasteiger partial charge is 0.234 e. The SMILES string of the molecule is O=C(CN1CCN(C/C=C/c2ccccc2)CC1)NCCSCc1ccccc1. The van der Waals surface area contributed by atoms with Crippen molar-refractivity contribution in [2.45, 2.75) is 5.75 Å². The minimum absolute atomic E-state index is 0.141. The number of benzene rings is 2. The molecule has 29 heavy (non-hydrogen) atoms. The first-order valence-electron chi connectivity index (χ1n) is 10.3. The molecule has 3 rings (SSSR count). The van der Waals surface area contributed by atoms with Crippen LogP contribution in [0.5, 0.6) is 0 Å². The molecule has 0 unspecified atom stereocenters. The first-order chi connectivity index (χ1) is 14.3. The van der Waals surface area contributed by atoms with Crippen molar-refractivity contribution in [3.63, 3.8) is 0 Å². The summed E-state index contributed by atoms with van der Waals surface area (Å²) in [6.45, 7) is 6.15. The fourth-order valence-corrected chi connectivity index (χ4v) is 4.14. The molecule has 1 aliphatic rings. The highest BCUT2D eigenvalue weighted by atomic mass is 32.2. The van der Waals surface area contributed by atoms with Gasteiger partial charge in [-0.1, -0.05) is 72.8 Å². The van der Waals surface area contributed by atoms with Gasteiger partial charge in [-0.05, 0) is 11.1 Å². The summed E-state index contributed by atoms with van der Waals surface area (Å²) >= 11 is 1.86. The maximum absolute atomic E-state index is 12.2. The van der Waals surface area contributed by atoms with Gasteiger partial charge in [-0.15, -0.1) is 0 Å². The third kappa shape index (κ3) is 8.44. The lowest BCUT2D eigenvalue weighted by Crippen LogP contribution is -2.49. The molecule has 1 amide bonds. The second-order valence-electron chi connectivity index (χ2n) is 7.28. The maximum atomic E-state index is 12.2. The number of nitrogens with one attached hydrogen (secondary N) is 1. The number of rotatable bonds is 10. The van der Waals surface area contributed by atoms with Gasteiger partial charge in [0, 0.05) is 50.8 Å². The molecule has 1 aliphatic heterocycles. The van der Waals surface area contributed by atoms with Crippen LogP contribution >= 0.6 is 11.8 Å². The van der Waals surface area contributed by atoms with E-state index < -0.39 is 0 Å². The molecular weight excluding hydrogens is 378 g/mol. The zero-order chi connectivity index (χ0) is 20.2. The third-order valence-corrected chi connectivity index (χ3v) is 6.02. The average Bonchev–Trinajstić information content (AvgIpc) is 2.76. The highest BCUT2D eigenvalue weighted by Crippen LogP contribution is 2.10. The lowest BCUT2D eigenvalue weighted by atomic mass is 10.2. The zero-order valence-electron chi connectivity index (χ0n) is 17.0. The van der Waals surface area contributed by atoms with Gasteiger partial charge in [0.1, 0.15) is 0 Å². The van der Waals surface area contributed by atoms with Crippen LogP contribution < -0.4 is 5.32 Å². The van der Waals surface area contributed by atoms with Crippen molar-refractivity contribution in [2.24, 2.45) is 0 Å². The molecule has 0 radical (unpaired) electrons. The van der Waals surface area contributed by atoms with Crippen LogP contribution in [-0.4, -0.2) is 67.3 Å². The Hall–Kier alpha value is -2.08. The van der Waals surface area contributed by atoms with Crippen LogP contribution in [0.15, 0.2) is 66.7 Å². The zero-order valence-corrected chi connectivity index (χ0v) is 17.8. The molecule has 5 heteroatoms. The Morgan fingerprint density at radius 1 is 0.931 bits per heavy atom. The average molecular weight is 410 g/mol. The van der Waals surface area contributed by atoms with Gasteiger partial charge in [-0.2, -0.15) is 11.8 Å². The highest BCUT2D eigenvalue weighted by molar-refractivity contribution is 7.98. The molecule has 0 aliphatic carbocycles. The molecule has 0 spiro atoms. The molecule has 4 nitrogen and oxygen atoms in total.